The Bertz CT molecular complexity index is 603. The first-order chi connectivity index (χ1) is 10.3. The Morgan fingerprint density at radius 2 is 2.00 bits per heavy atom. The largest absolute Gasteiger partial charge is 0.377 e. The SMILES string of the molecule is CCC(=N)S/C(N)=N\S(C)(N=O)c1ccc(NC(C)=O)cc1. The van der Waals surface area contributed by atoms with Gasteiger partial charge in [-0.2, -0.15) is 4.40 Å². The quantitative estimate of drug-likeness (QED) is 0.431. The van der Waals surface area contributed by atoms with Crippen molar-refractivity contribution in [3.63, 3.8) is 0 Å². The highest BCUT2D eigenvalue weighted by atomic mass is 32.3. The van der Waals surface area contributed by atoms with Gasteiger partial charge >= 0.3 is 0 Å². The second-order valence-electron chi connectivity index (χ2n) is 4.42. The molecule has 4 N–H and O–H groups in total. The van der Waals surface area contributed by atoms with Crippen LogP contribution in [0.15, 0.2) is 38.1 Å². The summed E-state index contributed by atoms with van der Waals surface area (Å²) in [6.45, 7) is 3.26. The number of thioether (sulfide) groups is 1. The number of nitrogens with one attached hydrogen (secondary N) is 2. The second-order valence-corrected chi connectivity index (χ2v) is 8.01. The summed E-state index contributed by atoms with van der Waals surface area (Å²) in [5.74, 6) is -0.173. The van der Waals surface area contributed by atoms with Gasteiger partial charge in [0.05, 0.1) is 5.04 Å². The van der Waals surface area contributed by atoms with Crippen molar-refractivity contribution in [3.05, 3.63) is 29.2 Å². The van der Waals surface area contributed by atoms with E-state index in [4.69, 9.17) is 11.1 Å². The van der Waals surface area contributed by atoms with Gasteiger partial charge in [-0.25, -0.2) is 0 Å². The minimum absolute atomic E-state index is 0.148. The minimum Gasteiger partial charge on any atom is -0.377 e. The molecule has 0 aromatic heterocycles. The molecule has 0 spiro atoms. The molecule has 1 aromatic rings. The van der Waals surface area contributed by atoms with Gasteiger partial charge in [0.15, 0.2) is 5.17 Å². The molecule has 0 aliphatic carbocycles. The summed E-state index contributed by atoms with van der Waals surface area (Å²) in [5, 5.41) is 10.8. The maximum absolute atomic E-state index is 11.3. The molecular formula is C13H19N5O2S2. The van der Waals surface area contributed by atoms with Crippen LogP contribution < -0.4 is 11.1 Å². The lowest BCUT2D eigenvalue weighted by molar-refractivity contribution is -0.114. The van der Waals surface area contributed by atoms with E-state index in [0.717, 1.165) is 11.8 Å². The number of carbonyl (C=O) groups excluding carboxylic acids is 1. The van der Waals surface area contributed by atoms with Crippen molar-refractivity contribution in [1.82, 2.24) is 0 Å². The van der Waals surface area contributed by atoms with E-state index in [1.54, 1.807) is 30.5 Å². The molecule has 9 heteroatoms. The van der Waals surface area contributed by atoms with Gasteiger partial charge in [0.1, 0.15) is 0 Å². The van der Waals surface area contributed by atoms with E-state index in [1.165, 1.54) is 6.92 Å². The van der Waals surface area contributed by atoms with E-state index in [-0.39, 0.29) is 11.1 Å². The third-order valence-corrected chi connectivity index (χ3v) is 5.54. The highest BCUT2D eigenvalue weighted by molar-refractivity contribution is 8.33. The van der Waals surface area contributed by atoms with Crippen LogP contribution in [0.25, 0.3) is 0 Å². The zero-order valence-electron chi connectivity index (χ0n) is 12.6. The summed E-state index contributed by atoms with van der Waals surface area (Å²) < 4.78 is 7.36. The fourth-order valence-corrected chi connectivity index (χ4v) is 3.71. The van der Waals surface area contributed by atoms with Crippen LogP contribution in [0, 0.1) is 10.3 Å². The van der Waals surface area contributed by atoms with E-state index in [2.05, 4.69) is 14.3 Å². The van der Waals surface area contributed by atoms with Gasteiger partial charge in [-0.05, 0) is 42.4 Å². The number of amidine groups is 1. The molecule has 0 heterocycles. The van der Waals surface area contributed by atoms with Crippen molar-refractivity contribution >= 4 is 44.0 Å². The topological polar surface area (TPSA) is 121 Å². The average Bonchev–Trinajstić information content (AvgIpc) is 2.46. The predicted molar refractivity (Wildman–Crippen MR) is 95.6 cm³/mol. The smallest absolute Gasteiger partial charge is 0.221 e. The number of carbonyl (C=O) groups is 1. The van der Waals surface area contributed by atoms with Crippen molar-refractivity contribution in [2.75, 3.05) is 11.6 Å². The molecule has 0 aliphatic rings. The molecule has 0 saturated carbocycles. The normalized spacial score (nSPS) is 15.5. The molecule has 0 saturated heterocycles. The summed E-state index contributed by atoms with van der Waals surface area (Å²) in [5.41, 5.74) is 6.41. The van der Waals surface area contributed by atoms with Crippen LogP contribution >= 0.6 is 22.2 Å². The van der Waals surface area contributed by atoms with Crippen LogP contribution in [0.2, 0.25) is 0 Å². The zero-order chi connectivity index (χ0) is 16.8. The van der Waals surface area contributed by atoms with Crippen molar-refractivity contribution < 1.29 is 4.79 Å². The maximum Gasteiger partial charge on any atom is 0.221 e. The predicted octanol–water partition coefficient (Wildman–Crippen LogP) is 3.47. The van der Waals surface area contributed by atoms with Crippen molar-refractivity contribution in [3.8, 4) is 0 Å². The number of nitrogens with zero attached hydrogens (tertiary/aromatic N) is 2. The Balaban J connectivity index is 3.02. The monoisotopic (exact) mass is 341 g/mol. The Morgan fingerprint density at radius 3 is 2.45 bits per heavy atom. The van der Waals surface area contributed by atoms with Gasteiger partial charge in [-0.3, -0.25) is 10.2 Å². The van der Waals surface area contributed by atoms with E-state index >= 15 is 0 Å². The molecule has 0 fully saturated rings. The molecule has 0 aliphatic heterocycles. The van der Waals surface area contributed by atoms with Crippen LogP contribution in [-0.4, -0.2) is 22.4 Å². The molecule has 1 amide bonds. The molecule has 1 unspecified atom stereocenters. The Labute approximate surface area is 135 Å². The summed E-state index contributed by atoms with van der Waals surface area (Å²) in [6, 6.07) is 6.74. The standard InChI is InChI=1S/C13H19N5O2S2/c1-4-12(14)21-13(15)17-22(3,18-20)11-7-5-10(6-8-11)16-9(2)19/h5-8,14H,4H2,1-3H3,(H2,15,17)(H,16,19). The molecule has 22 heavy (non-hydrogen) atoms. The number of hydrogen-bond donors (Lipinski definition) is 3. The molecule has 0 radical (unpaired) electrons. The van der Waals surface area contributed by atoms with Gasteiger partial charge in [0.2, 0.25) is 5.91 Å². The Kier molecular flexibility index (Phi) is 6.57. The first-order valence-corrected chi connectivity index (χ1v) is 9.19. The first kappa shape index (κ1) is 18.2. The van der Waals surface area contributed by atoms with Crippen molar-refractivity contribution in [2.24, 2.45) is 14.7 Å². The number of nitrogens with two attached hydrogens (primary N) is 1. The lowest BCUT2D eigenvalue weighted by atomic mass is 10.3. The lowest BCUT2D eigenvalue weighted by Gasteiger charge is -2.23. The molecule has 1 atom stereocenters. The third kappa shape index (κ3) is 5.15. The number of anilines is 1. The Hall–Kier alpha value is -1.87. The zero-order valence-corrected chi connectivity index (χ0v) is 14.3. The average molecular weight is 341 g/mol. The second kappa shape index (κ2) is 7.95. The van der Waals surface area contributed by atoms with Crippen LogP contribution in [0.3, 0.4) is 0 Å². The third-order valence-electron chi connectivity index (χ3n) is 2.58. The number of benzene rings is 1. The maximum atomic E-state index is 11.3. The summed E-state index contributed by atoms with van der Waals surface area (Å²) in [7, 11) is -2.35. The highest BCUT2D eigenvalue weighted by Crippen LogP contribution is 2.55. The van der Waals surface area contributed by atoms with Crippen LogP contribution in [-0.2, 0) is 4.79 Å². The van der Waals surface area contributed by atoms with E-state index in [0.29, 0.717) is 22.0 Å². The fraction of sp³-hybridized carbons (Fsp3) is 0.308. The van der Waals surface area contributed by atoms with Gasteiger partial charge in [0, 0.05) is 38.7 Å². The number of rotatable bonds is 5. The van der Waals surface area contributed by atoms with E-state index in [1.807, 2.05) is 6.92 Å². The molecule has 7 nitrogen and oxygen atoms in total. The molecule has 1 aromatic carbocycles. The van der Waals surface area contributed by atoms with E-state index in [9.17, 15) is 9.70 Å². The molecule has 1 rings (SSSR count). The fourth-order valence-electron chi connectivity index (χ4n) is 1.50. The highest BCUT2D eigenvalue weighted by Gasteiger charge is 2.22. The van der Waals surface area contributed by atoms with E-state index < -0.39 is 10.4 Å². The lowest BCUT2D eigenvalue weighted by Crippen LogP contribution is -2.11. The molecular weight excluding hydrogens is 322 g/mol. The van der Waals surface area contributed by atoms with Crippen molar-refractivity contribution in [2.45, 2.75) is 25.2 Å². The number of hydrogen-bond acceptors (Lipinski definition) is 6. The summed E-state index contributed by atoms with van der Waals surface area (Å²) in [4.78, 5) is 22.9. The molecule has 120 valence electrons. The van der Waals surface area contributed by atoms with Gasteiger partial charge in [-0.15, -0.1) is 4.91 Å². The summed E-state index contributed by atoms with van der Waals surface area (Å²) in [6.07, 6.45) is 2.17. The van der Waals surface area contributed by atoms with Gasteiger partial charge in [0.25, 0.3) is 0 Å². The van der Waals surface area contributed by atoms with Crippen LogP contribution in [0.5, 0.6) is 0 Å². The number of amides is 1. The molecule has 0 bridgehead atoms. The minimum atomic E-state index is -2.35. The van der Waals surface area contributed by atoms with Crippen LogP contribution in [0.1, 0.15) is 20.3 Å². The summed E-state index contributed by atoms with van der Waals surface area (Å²) >= 11 is 1.02. The van der Waals surface area contributed by atoms with Gasteiger partial charge < -0.3 is 11.1 Å². The Morgan fingerprint density at radius 1 is 1.41 bits per heavy atom. The first-order valence-electron chi connectivity index (χ1n) is 6.42. The van der Waals surface area contributed by atoms with Crippen molar-refractivity contribution in [1.29, 1.82) is 5.41 Å². The van der Waals surface area contributed by atoms with Crippen LogP contribution in [0.4, 0.5) is 5.69 Å². The van der Waals surface area contributed by atoms with Gasteiger partial charge in [-0.1, -0.05) is 6.92 Å². The number of nitroso groups, excluding NO2 is 1.